The Balaban J connectivity index is 1.94. The lowest BCUT2D eigenvalue weighted by atomic mass is 9.80. The summed E-state index contributed by atoms with van der Waals surface area (Å²) in [7, 11) is -1.33. The number of esters is 1. The minimum atomic E-state index is -1.33. The predicted octanol–water partition coefficient (Wildman–Crippen LogP) is 1.47. The summed E-state index contributed by atoms with van der Waals surface area (Å²) in [5, 5.41) is 18.0. The lowest BCUT2D eigenvalue weighted by Gasteiger charge is -2.17. The van der Waals surface area contributed by atoms with Crippen LogP contribution in [0.3, 0.4) is 0 Å². The first kappa shape index (κ1) is 19.5. The van der Waals surface area contributed by atoms with Gasteiger partial charge in [0.1, 0.15) is 6.61 Å². The normalized spacial score (nSPS) is 19.7. The quantitative estimate of drug-likeness (QED) is 0.549. The Morgan fingerprint density at radius 3 is 2.60 bits per heavy atom. The molecular weight excluding hydrogens is 321 g/mol. The largest absolute Gasteiger partial charge is 0.461 e. The highest BCUT2D eigenvalue weighted by atomic mass is 16.5. The third kappa shape index (κ3) is 5.86. The Kier molecular flexibility index (Phi) is 7.46. The van der Waals surface area contributed by atoms with Crippen molar-refractivity contribution in [2.45, 2.75) is 39.1 Å². The Morgan fingerprint density at radius 2 is 1.96 bits per heavy atom. The van der Waals surface area contributed by atoms with Gasteiger partial charge in [0.05, 0.1) is 5.92 Å². The molecule has 1 aliphatic rings. The van der Waals surface area contributed by atoms with E-state index in [0.717, 1.165) is 5.56 Å². The molecule has 0 aliphatic carbocycles. The molecule has 1 aromatic carbocycles. The molecule has 0 radical (unpaired) electrons. The van der Waals surface area contributed by atoms with Crippen LogP contribution in [0.4, 0.5) is 0 Å². The van der Waals surface area contributed by atoms with Crippen LogP contribution >= 0.6 is 0 Å². The number of nitrogens with zero attached hydrogens (tertiary/aromatic N) is 1. The highest BCUT2D eigenvalue weighted by Gasteiger charge is 2.39. The number of amides is 1. The van der Waals surface area contributed by atoms with Gasteiger partial charge in [-0.25, -0.2) is 0 Å². The fourth-order valence-corrected chi connectivity index (χ4v) is 3.26. The zero-order valence-corrected chi connectivity index (χ0v) is 14.6. The van der Waals surface area contributed by atoms with Crippen molar-refractivity contribution in [1.82, 2.24) is 4.90 Å². The average Bonchev–Trinajstić information content (AvgIpc) is 3.04. The summed E-state index contributed by atoms with van der Waals surface area (Å²) in [5.74, 6) is -0.608. The molecule has 2 unspecified atom stereocenters. The van der Waals surface area contributed by atoms with Gasteiger partial charge in [0, 0.05) is 19.5 Å². The smallest absolute Gasteiger partial charge is 0.451 e. The van der Waals surface area contributed by atoms with E-state index in [1.807, 2.05) is 30.3 Å². The van der Waals surface area contributed by atoms with Gasteiger partial charge in [0.15, 0.2) is 0 Å². The molecule has 0 saturated carbocycles. The molecule has 1 heterocycles. The molecule has 0 spiro atoms. The van der Waals surface area contributed by atoms with E-state index in [0.29, 0.717) is 32.4 Å². The lowest BCUT2D eigenvalue weighted by Crippen LogP contribution is -2.29. The maximum atomic E-state index is 12.5. The van der Waals surface area contributed by atoms with Gasteiger partial charge in [-0.15, -0.1) is 0 Å². The van der Waals surface area contributed by atoms with Crippen molar-refractivity contribution < 1.29 is 24.4 Å². The van der Waals surface area contributed by atoms with Crippen molar-refractivity contribution >= 4 is 19.0 Å². The number of likely N-dealkylation sites (tertiary alicyclic amines) is 1. The third-order valence-electron chi connectivity index (χ3n) is 4.66. The van der Waals surface area contributed by atoms with Gasteiger partial charge in [-0.3, -0.25) is 9.59 Å². The topological polar surface area (TPSA) is 87.1 Å². The number of carbonyl (C=O) groups excluding carboxylic acids is 2. The van der Waals surface area contributed by atoms with Gasteiger partial charge in [-0.1, -0.05) is 43.7 Å². The Morgan fingerprint density at radius 1 is 1.24 bits per heavy atom. The van der Waals surface area contributed by atoms with Crippen LogP contribution in [-0.4, -0.2) is 47.0 Å². The van der Waals surface area contributed by atoms with E-state index in [1.165, 1.54) is 0 Å². The molecular formula is C18H26BNO5. The predicted molar refractivity (Wildman–Crippen MR) is 94.3 cm³/mol. The fourth-order valence-electron chi connectivity index (χ4n) is 3.26. The number of carbonyl (C=O) groups is 2. The molecule has 2 atom stereocenters. The highest BCUT2D eigenvalue weighted by Crippen LogP contribution is 2.30. The van der Waals surface area contributed by atoms with Crippen LogP contribution in [0.25, 0.3) is 0 Å². The van der Waals surface area contributed by atoms with E-state index in [4.69, 9.17) is 14.8 Å². The molecule has 6 nitrogen and oxygen atoms in total. The summed E-state index contributed by atoms with van der Waals surface area (Å²) in [6.07, 6.45) is 1.94. The van der Waals surface area contributed by atoms with Crippen molar-refractivity contribution in [3.8, 4) is 0 Å². The summed E-state index contributed by atoms with van der Waals surface area (Å²) in [5.41, 5.74) is 0.926. The van der Waals surface area contributed by atoms with Crippen molar-refractivity contribution in [1.29, 1.82) is 0 Å². The van der Waals surface area contributed by atoms with Crippen LogP contribution in [0.1, 0.15) is 31.7 Å². The van der Waals surface area contributed by atoms with Crippen LogP contribution in [0.2, 0.25) is 6.32 Å². The molecule has 1 saturated heterocycles. The second-order valence-corrected chi connectivity index (χ2v) is 6.52. The van der Waals surface area contributed by atoms with E-state index >= 15 is 0 Å². The van der Waals surface area contributed by atoms with E-state index in [1.54, 1.807) is 11.8 Å². The van der Waals surface area contributed by atoms with Crippen LogP contribution in [0.5, 0.6) is 0 Å². The molecule has 1 aliphatic heterocycles. The third-order valence-corrected chi connectivity index (χ3v) is 4.66. The first-order valence-electron chi connectivity index (χ1n) is 8.85. The number of hydrogen-bond acceptors (Lipinski definition) is 5. The minimum absolute atomic E-state index is 0.00229. The molecule has 7 heteroatoms. The van der Waals surface area contributed by atoms with Crippen LogP contribution < -0.4 is 0 Å². The zero-order valence-electron chi connectivity index (χ0n) is 14.6. The SMILES string of the molecule is CCC(=O)N1CC(CCCB(O)O)C(C(=O)OCc2ccccc2)C1. The molecule has 0 bridgehead atoms. The molecule has 0 aromatic heterocycles. The van der Waals surface area contributed by atoms with Gasteiger partial charge in [-0.2, -0.15) is 0 Å². The number of benzene rings is 1. The molecule has 1 amide bonds. The first-order chi connectivity index (χ1) is 12.0. The maximum absolute atomic E-state index is 12.5. The summed E-state index contributed by atoms with van der Waals surface area (Å²) in [6, 6.07) is 9.48. The molecule has 136 valence electrons. The van der Waals surface area contributed by atoms with Gasteiger partial charge in [0.25, 0.3) is 0 Å². The Hall–Kier alpha value is -1.86. The van der Waals surface area contributed by atoms with E-state index in [-0.39, 0.29) is 36.6 Å². The van der Waals surface area contributed by atoms with E-state index in [9.17, 15) is 9.59 Å². The Labute approximate surface area is 148 Å². The Bertz CT molecular complexity index is 566. The summed E-state index contributed by atoms with van der Waals surface area (Å²) in [6.45, 7) is 2.94. The molecule has 2 rings (SSSR count). The van der Waals surface area contributed by atoms with Crippen LogP contribution in [-0.2, 0) is 20.9 Å². The monoisotopic (exact) mass is 347 g/mol. The van der Waals surface area contributed by atoms with Crippen molar-refractivity contribution in [3.05, 3.63) is 35.9 Å². The van der Waals surface area contributed by atoms with Gasteiger partial charge in [0.2, 0.25) is 5.91 Å². The second kappa shape index (κ2) is 9.58. The van der Waals surface area contributed by atoms with E-state index in [2.05, 4.69) is 0 Å². The van der Waals surface area contributed by atoms with Crippen LogP contribution in [0.15, 0.2) is 30.3 Å². The fraction of sp³-hybridized carbons (Fsp3) is 0.556. The average molecular weight is 347 g/mol. The summed E-state index contributed by atoms with van der Waals surface area (Å²) >= 11 is 0. The van der Waals surface area contributed by atoms with Crippen molar-refractivity contribution in [2.75, 3.05) is 13.1 Å². The van der Waals surface area contributed by atoms with E-state index < -0.39 is 7.12 Å². The molecule has 2 N–H and O–H groups in total. The molecule has 1 aromatic rings. The lowest BCUT2D eigenvalue weighted by molar-refractivity contribution is -0.150. The van der Waals surface area contributed by atoms with Crippen LogP contribution in [0, 0.1) is 11.8 Å². The highest BCUT2D eigenvalue weighted by molar-refractivity contribution is 6.40. The van der Waals surface area contributed by atoms with Gasteiger partial charge < -0.3 is 19.7 Å². The standard InChI is InChI=1S/C18H26BNO5/c1-2-17(21)20-11-15(9-6-10-19(23)24)16(12-20)18(22)25-13-14-7-4-3-5-8-14/h3-5,7-8,15-16,23-24H,2,6,9-13H2,1H3. The van der Waals surface area contributed by atoms with Gasteiger partial charge in [-0.05, 0) is 24.2 Å². The minimum Gasteiger partial charge on any atom is -0.461 e. The number of hydrogen-bond donors (Lipinski definition) is 2. The first-order valence-corrected chi connectivity index (χ1v) is 8.85. The van der Waals surface area contributed by atoms with Crippen molar-refractivity contribution in [2.24, 2.45) is 11.8 Å². The summed E-state index contributed by atoms with van der Waals surface area (Å²) < 4.78 is 5.46. The number of rotatable bonds is 8. The maximum Gasteiger partial charge on any atom is 0.451 e. The van der Waals surface area contributed by atoms with Gasteiger partial charge >= 0.3 is 13.1 Å². The zero-order chi connectivity index (χ0) is 18.2. The summed E-state index contributed by atoms with van der Waals surface area (Å²) in [4.78, 5) is 26.2. The van der Waals surface area contributed by atoms with Crippen molar-refractivity contribution in [3.63, 3.8) is 0 Å². The second-order valence-electron chi connectivity index (χ2n) is 6.52. The number of ether oxygens (including phenoxy) is 1. The molecule has 25 heavy (non-hydrogen) atoms. The molecule has 1 fully saturated rings.